The van der Waals surface area contributed by atoms with Crippen molar-refractivity contribution >= 4 is 23.0 Å². The van der Waals surface area contributed by atoms with E-state index >= 15 is 0 Å². The maximum Gasteiger partial charge on any atom is 0.147 e. The second-order valence-electron chi connectivity index (χ2n) is 4.13. The highest BCUT2D eigenvalue weighted by Gasteiger charge is 2.23. The molecule has 0 fully saturated rings. The summed E-state index contributed by atoms with van der Waals surface area (Å²) in [6, 6.07) is 0. The zero-order valence-electron chi connectivity index (χ0n) is 10.1. The van der Waals surface area contributed by atoms with Crippen molar-refractivity contribution in [2.75, 3.05) is 17.7 Å². The van der Waals surface area contributed by atoms with Crippen LogP contribution >= 0.6 is 11.3 Å². The first-order valence-corrected chi connectivity index (χ1v) is 6.18. The largest absolute Gasteiger partial charge is 0.372 e. The lowest BCUT2D eigenvalue weighted by atomic mass is 10.1. The molecule has 2 rings (SSSR count). The van der Waals surface area contributed by atoms with Crippen molar-refractivity contribution in [3.05, 3.63) is 29.0 Å². The van der Waals surface area contributed by atoms with Gasteiger partial charge in [0.15, 0.2) is 0 Å². The molecule has 0 aliphatic carbocycles. The molecule has 0 radical (unpaired) electrons. The van der Waals surface area contributed by atoms with E-state index in [4.69, 9.17) is 0 Å². The number of hydrogen-bond acceptors (Lipinski definition) is 6. The summed E-state index contributed by atoms with van der Waals surface area (Å²) < 4.78 is 0. The molecule has 0 bridgehead atoms. The van der Waals surface area contributed by atoms with Gasteiger partial charge in [0.25, 0.3) is 0 Å². The van der Waals surface area contributed by atoms with Gasteiger partial charge in [0, 0.05) is 18.6 Å². The maximum absolute atomic E-state index is 4.38. The van der Waals surface area contributed by atoms with E-state index in [9.17, 15) is 0 Å². The fraction of sp³-hybridized carbons (Fsp3) is 0.364. The summed E-state index contributed by atoms with van der Waals surface area (Å²) in [5, 5.41) is 9.28. The average Bonchev–Trinajstić information content (AvgIpc) is 2.83. The van der Waals surface area contributed by atoms with E-state index in [1.54, 1.807) is 29.9 Å². The summed E-state index contributed by atoms with van der Waals surface area (Å²) in [5.41, 5.74) is -0.255. The van der Waals surface area contributed by atoms with Crippen LogP contribution in [-0.4, -0.2) is 22.0 Å². The van der Waals surface area contributed by atoms with Crippen LogP contribution in [0.4, 0.5) is 11.6 Å². The number of thiazole rings is 1. The first kappa shape index (κ1) is 11.8. The molecular formula is C11H15N5S. The maximum atomic E-state index is 4.38. The van der Waals surface area contributed by atoms with Gasteiger partial charge >= 0.3 is 0 Å². The highest BCUT2D eigenvalue weighted by molar-refractivity contribution is 7.09. The minimum Gasteiger partial charge on any atom is -0.372 e. The van der Waals surface area contributed by atoms with Gasteiger partial charge in [-0.1, -0.05) is 0 Å². The molecule has 6 heteroatoms. The van der Waals surface area contributed by atoms with Crippen LogP contribution < -0.4 is 10.6 Å². The SMILES string of the molecule is CNc1cncc(NC(C)(C)c2nccs2)n1. The smallest absolute Gasteiger partial charge is 0.147 e. The lowest BCUT2D eigenvalue weighted by molar-refractivity contribution is 0.600. The summed E-state index contributed by atoms with van der Waals surface area (Å²) in [6.07, 6.45) is 5.19. The summed E-state index contributed by atoms with van der Waals surface area (Å²) in [5.74, 6) is 1.47. The number of hydrogen-bond donors (Lipinski definition) is 2. The molecule has 0 atom stereocenters. The highest BCUT2D eigenvalue weighted by atomic mass is 32.1. The molecule has 2 aromatic heterocycles. The number of nitrogens with zero attached hydrogens (tertiary/aromatic N) is 3. The van der Waals surface area contributed by atoms with Crippen LogP contribution in [0.15, 0.2) is 24.0 Å². The van der Waals surface area contributed by atoms with E-state index in [-0.39, 0.29) is 5.54 Å². The van der Waals surface area contributed by atoms with E-state index in [2.05, 4.69) is 39.4 Å². The van der Waals surface area contributed by atoms with Crippen LogP contribution in [0, 0.1) is 0 Å². The number of aromatic nitrogens is 3. The number of rotatable bonds is 4. The molecule has 2 heterocycles. The molecule has 5 nitrogen and oxygen atoms in total. The molecule has 0 aliphatic heterocycles. The molecule has 0 unspecified atom stereocenters. The van der Waals surface area contributed by atoms with Gasteiger partial charge in [-0.15, -0.1) is 11.3 Å². The predicted octanol–water partition coefficient (Wildman–Crippen LogP) is 2.32. The van der Waals surface area contributed by atoms with Crippen LogP contribution in [0.2, 0.25) is 0 Å². The Bertz CT molecular complexity index is 480. The molecule has 0 saturated carbocycles. The Labute approximate surface area is 104 Å². The zero-order chi connectivity index (χ0) is 12.3. The molecule has 90 valence electrons. The third kappa shape index (κ3) is 2.71. The van der Waals surface area contributed by atoms with Crippen molar-refractivity contribution in [1.29, 1.82) is 0 Å². The third-order valence-corrected chi connectivity index (χ3v) is 3.40. The molecule has 0 spiro atoms. The Hall–Kier alpha value is -1.69. The quantitative estimate of drug-likeness (QED) is 0.870. The van der Waals surface area contributed by atoms with E-state index < -0.39 is 0 Å². The van der Waals surface area contributed by atoms with Gasteiger partial charge in [-0.2, -0.15) is 0 Å². The topological polar surface area (TPSA) is 62.7 Å². The molecule has 17 heavy (non-hydrogen) atoms. The van der Waals surface area contributed by atoms with Crippen LogP contribution in [0.5, 0.6) is 0 Å². The first-order chi connectivity index (χ1) is 8.12. The molecule has 2 N–H and O–H groups in total. The summed E-state index contributed by atoms with van der Waals surface area (Å²) in [7, 11) is 1.82. The first-order valence-electron chi connectivity index (χ1n) is 5.30. The number of nitrogens with one attached hydrogen (secondary N) is 2. The molecule has 0 amide bonds. The monoisotopic (exact) mass is 249 g/mol. The van der Waals surface area contributed by atoms with Gasteiger partial charge < -0.3 is 10.6 Å². The highest BCUT2D eigenvalue weighted by Crippen LogP contribution is 2.26. The van der Waals surface area contributed by atoms with Gasteiger partial charge in [0.1, 0.15) is 16.6 Å². The standard InChI is InChI=1S/C11H15N5S/c1-11(2,10-14-4-5-17-10)16-9-7-13-6-8(12-3)15-9/h4-7H,1-3H3,(H2,12,15,16). The summed E-state index contributed by atoms with van der Waals surface area (Å²) in [6.45, 7) is 4.14. The molecule has 0 aromatic carbocycles. The minimum atomic E-state index is -0.255. The zero-order valence-corrected chi connectivity index (χ0v) is 10.9. The number of anilines is 2. The van der Waals surface area contributed by atoms with Crippen molar-refractivity contribution in [1.82, 2.24) is 15.0 Å². The average molecular weight is 249 g/mol. The van der Waals surface area contributed by atoms with E-state index in [0.717, 1.165) is 16.6 Å². The third-order valence-electron chi connectivity index (χ3n) is 2.30. The second-order valence-corrected chi connectivity index (χ2v) is 5.02. The lowest BCUT2D eigenvalue weighted by Crippen LogP contribution is -2.28. The molecule has 2 aromatic rings. The normalized spacial score (nSPS) is 11.2. The Balaban J connectivity index is 2.20. The van der Waals surface area contributed by atoms with E-state index in [0.29, 0.717) is 0 Å². The molecular weight excluding hydrogens is 234 g/mol. The van der Waals surface area contributed by atoms with Gasteiger partial charge in [-0.25, -0.2) is 9.97 Å². The minimum absolute atomic E-state index is 0.255. The van der Waals surface area contributed by atoms with Gasteiger partial charge in [-0.05, 0) is 13.8 Å². The van der Waals surface area contributed by atoms with Crippen LogP contribution in [0.1, 0.15) is 18.9 Å². The van der Waals surface area contributed by atoms with E-state index in [1.807, 2.05) is 12.4 Å². The van der Waals surface area contributed by atoms with Crippen molar-refractivity contribution in [2.24, 2.45) is 0 Å². The van der Waals surface area contributed by atoms with Crippen molar-refractivity contribution < 1.29 is 0 Å². The fourth-order valence-electron chi connectivity index (χ4n) is 1.45. The van der Waals surface area contributed by atoms with Gasteiger partial charge in [-0.3, -0.25) is 4.98 Å². The van der Waals surface area contributed by atoms with Crippen LogP contribution in [0.3, 0.4) is 0 Å². The van der Waals surface area contributed by atoms with Gasteiger partial charge in [0.05, 0.1) is 17.9 Å². The fourth-order valence-corrected chi connectivity index (χ4v) is 2.17. The van der Waals surface area contributed by atoms with Crippen molar-refractivity contribution in [2.45, 2.75) is 19.4 Å². The van der Waals surface area contributed by atoms with Gasteiger partial charge in [0.2, 0.25) is 0 Å². The predicted molar refractivity (Wildman–Crippen MR) is 70.3 cm³/mol. The van der Waals surface area contributed by atoms with E-state index in [1.165, 1.54) is 0 Å². The summed E-state index contributed by atoms with van der Waals surface area (Å²) >= 11 is 1.62. The van der Waals surface area contributed by atoms with Crippen LogP contribution in [-0.2, 0) is 5.54 Å². The second kappa shape index (κ2) is 4.67. The van der Waals surface area contributed by atoms with Crippen LogP contribution in [0.25, 0.3) is 0 Å². The Morgan fingerprint density at radius 1 is 1.24 bits per heavy atom. The Kier molecular flexibility index (Phi) is 3.23. The lowest BCUT2D eigenvalue weighted by Gasteiger charge is -2.24. The Morgan fingerprint density at radius 3 is 2.65 bits per heavy atom. The molecule has 0 saturated heterocycles. The Morgan fingerprint density at radius 2 is 2.00 bits per heavy atom. The van der Waals surface area contributed by atoms with Crippen molar-refractivity contribution in [3.63, 3.8) is 0 Å². The van der Waals surface area contributed by atoms with Crippen molar-refractivity contribution in [3.8, 4) is 0 Å². The summed E-state index contributed by atoms with van der Waals surface area (Å²) in [4.78, 5) is 12.8. The molecule has 0 aliphatic rings.